The number of methoxy groups -OCH3 is 2. The molecule has 2 heterocycles. The van der Waals surface area contributed by atoms with Gasteiger partial charge in [-0.05, 0) is 25.0 Å². The Bertz CT molecular complexity index is 901. The maximum atomic E-state index is 12.6. The van der Waals surface area contributed by atoms with E-state index in [1.807, 2.05) is 6.07 Å². The lowest BCUT2D eigenvalue weighted by molar-refractivity contribution is 0.392. The Hall–Kier alpha value is -2.59. The van der Waals surface area contributed by atoms with Crippen LogP contribution < -0.4 is 24.4 Å². The average Bonchev–Trinajstić information content (AvgIpc) is 3.26. The first-order valence-corrected chi connectivity index (χ1v) is 10.5. The lowest BCUT2D eigenvalue weighted by Crippen LogP contribution is -2.29. The molecule has 0 atom stereocenters. The fraction of sp³-hybridized carbons (Fsp3) is 0.444. The number of aromatic nitrogens is 2. The van der Waals surface area contributed by atoms with Crippen LogP contribution in [0.1, 0.15) is 12.8 Å². The summed E-state index contributed by atoms with van der Waals surface area (Å²) in [5.41, 5.74) is 0. The van der Waals surface area contributed by atoms with Crippen LogP contribution in [-0.2, 0) is 10.0 Å². The molecule has 10 heteroatoms. The van der Waals surface area contributed by atoms with Crippen LogP contribution in [-0.4, -0.2) is 58.8 Å². The van der Waals surface area contributed by atoms with Gasteiger partial charge in [0.25, 0.3) is 0 Å². The van der Waals surface area contributed by atoms with Crippen molar-refractivity contribution < 1.29 is 17.9 Å². The van der Waals surface area contributed by atoms with Gasteiger partial charge in [-0.15, -0.1) is 0 Å². The van der Waals surface area contributed by atoms with Crippen LogP contribution >= 0.6 is 0 Å². The van der Waals surface area contributed by atoms with Crippen LogP contribution in [0.25, 0.3) is 0 Å². The number of hydrogen-bond acceptors (Lipinski definition) is 8. The van der Waals surface area contributed by atoms with Crippen molar-refractivity contribution in [2.75, 3.05) is 50.6 Å². The quantitative estimate of drug-likeness (QED) is 0.602. The summed E-state index contributed by atoms with van der Waals surface area (Å²) in [6.45, 7) is 2.56. The summed E-state index contributed by atoms with van der Waals surface area (Å²) in [5, 5.41) is 3.12. The van der Waals surface area contributed by atoms with Gasteiger partial charge in [0.05, 0.1) is 14.2 Å². The van der Waals surface area contributed by atoms with E-state index in [2.05, 4.69) is 24.9 Å². The minimum Gasteiger partial charge on any atom is -0.497 e. The molecule has 1 fully saturated rings. The predicted octanol–water partition coefficient (Wildman–Crippen LogP) is 1.48. The molecular formula is C18H25N5O4S. The van der Waals surface area contributed by atoms with Crippen molar-refractivity contribution in [2.45, 2.75) is 17.7 Å². The first-order valence-electron chi connectivity index (χ1n) is 9.06. The molecule has 1 aliphatic heterocycles. The van der Waals surface area contributed by atoms with Gasteiger partial charge >= 0.3 is 0 Å². The Morgan fingerprint density at radius 2 is 1.86 bits per heavy atom. The molecule has 0 radical (unpaired) electrons. The summed E-state index contributed by atoms with van der Waals surface area (Å²) in [6, 6.07) is 6.52. The van der Waals surface area contributed by atoms with Crippen molar-refractivity contribution in [3.63, 3.8) is 0 Å². The Labute approximate surface area is 165 Å². The Balaban J connectivity index is 1.58. The third kappa shape index (κ3) is 4.82. The van der Waals surface area contributed by atoms with E-state index in [4.69, 9.17) is 9.47 Å². The molecule has 152 valence electrons. The number of hydrogen-bond donors (Lipinski definition) is 2. The van der Waals surface area contributed by atoms with Gasteiger partial charge in [-0.1, -0.05) is 0 Å². The van der Waals surface area contributed by atoms with E-state index in [1.165, 1.54) is 39.5 Å². The minimum absolute atomic E-state index is 0.0349. The zero-order valence-corrected chi connectivity index (χ0v) is 16.8. The highest BCUT2D eigenvalue weighted by atomic mass is 32.2. The number of benzene rings is 1. The molecule has 1 aromatic carbocycles. The number of nitrogens with one attached hydrogen (secondary N) is 2. The Kier molecular flexibility index (Phi) is 6.53. The van der Waals surface area contributed by atoms with E-state index in [-0.39, 0.29) is 17.2 Å². The first-order chi connectivity index (χ1) is 13.5. The molecule has 1 aromatic heterocycles. The van der Waals surface area contributed by atoms with Gasteiger partial charge in [0.1, 0.15) is 34.4 Å². The van der Waals surface area contributed by atoms with Gasteiger partial charge in [-0.2, -0.15) is 0 Å². The van der Waals surface area contributed by atoms with Crippen LogP contribution in [0.4, 0.5) is 11.6 Å². The van der Waals surface area contributed by atoms with Crippen LogP contribution in [0.5, 0.6) is 11.5 Å². The van der Waals surface area contributed by atoms with E-state index in [1.54, 1.807) is 12.1 Å². The first kappa shape index (κ1) is 20.2. The second kappa shape index (κ2) is 9.07. The number of anilines is 2. The number of rotatable bonds is 9. The smallest absolute Gasteiger partial charge is 0.244 e. The Morgan fingerprint density at radius 3 is 2.57 bits per heavy atom. The highest BCUT2D eigenvalue weighted by Gasteiger charge is 2.20. The largest absolute Gasteiger partial charge is 0.497 e. The van der Waals surface area contributed by atoms with E-state index in [9.17, 15) is 8.42 Å². The molecule has 0 bridgehead atoms. The molecule has 0 aliphatic carbocycles. The lowest BCUT2D eigenvalue weighted by Gasteiger charge is -2.16. The van der Waals surface area contributed by atoms with Crippen molar-refractivity contribution in [1.82, 2.24) is 14.7 Å². The standard InChI is InChI=1S/C18H25N5O4S/c1-26-14-5-6-15(27-2)16(11-14)28(24,25)22-8-7-19-17-12-18(21-13-20-17)23-9-3-4-10-23/h5-6,11-13,22H,3-4,7-10H2,1-2H3,(H,19,20,21). The van der Waals surface area contributed by atoms with Crippen LogP contribution in [0, 0.1) is 0 Å². The third-order valence-electron chi connectivity index (χ3n) is 4.47. The lowest BCUT2D eigenvalue weighted by atomic mass is 10.3. The van der Waals surface area contributed by atoms with Crippen molar-refractivity contribution >= 4 is 21.7 Å². The van der Waals surface area contributed by atoms with Gasteiger partial charge in [0.2, 0.25) is 10.0 Å². The Morgan fingerprint density at radius 1 is 1.07 bits per heavy atom. The molecule has 28 heavy (non-hydrogen) atoms. The van der Waals surface area contributed by atoms with Crippen LogP contribution in [0.15, 0.2) is 35.5 Å². The van der Waals surface area contributed by atoms with Crippen molar-refractivity contribution in [3.05, 3.63) is 30.6 Å². The fourth-order valence-corrected chi connectivity index (χ4v) is 4.22. The summed E-state index contributed by atoms with van der Waals surface area (Å²) >= 11 is 0. The van der Waals surface area contributed by atoms with E-state index >= 15 is 0 Å². The molecule has 0 amide bonds. The van der Waals surface area contributed by atoms with Crippen molar-refractivity contribution in [1.29, 1.82) is 0 Å². The molecule has 2 N–H and O–H groups in total. The summed E-state index contributed by atoms with van der Waals surface area (Å²) < 4.78 is 38.1. The van der Waals surface area contributed by atoms with Gasteiger partial charge in [-0.3, -0.25) is 0 Å². The highest BCUT2D eigenvalue weighted by Crippen LogP contribution is 2.27. The maximum absolute atomic E-state index is 12.6. The number of nitrogens with zero attached hydrogens (tertiary/aromatic N) is 3. The summed E-state index contributed by atoms with van der Waals surface area (Å²) in [5.74, 6) is 2.24. The SMILES string of the molecule is COc1ccc(OC)c(S(=O)(=O)NCCNc2cc(N3CCCC3)ncn2)c1. The van der Waals surface area contributed by atoms with E-state index < -0.39 is 10.0 Å². The van der Waals surface area contributed by atoms with Gasteiger partial charge < -0.3 is 19.7 Å². The zero-order valence-electron chi connectivity index (χ0n) is 16.0. The van der Waals surface area contributed by atoms with Crippen molar-refractivity contribution in [2.24, 2.45) is 0 Å². The van der Waals surface area contributed by atoms with Gasteiger partial charge in [0, 0.05) is 38.3 Å². The van der Waals surface area contributed by atoms with E-state index in [0.717, 1.165) is 18.9 Å². The molecule has 1 aliphatic rings. The number of sulfonamides is 1. The van der Waals surface area contributed by atoms with Crippen LogP contribution in [0.2, 0.25) is 0 Å². The maximum Gasteiger partial charge on any atom is 0.244 e. The number of ether oxygens (including phenoxy) is 2. The normalized spacial score (nSPS) is 14.1. The summed E-state index contributed by atoms with van der Waals surface area (Å²) in [6.07, 6.45) is 3.85. The minimum atomic E-state index is -3.75. The topological polar surface area (TPSA) is 106 Å². The molecule has 0 spiro atoms. The molecule has 3 rings (SSSR count). The van der Waals surface area contributed by atoms with Gasteiger partial charge in [0.15, 0.2) is 0 Å². The molecule has 2 aromatic rings. The fourth-order valence-electron chi connectivity index (χ4n) is 3.01. The van der Waals surface area contributed by atoms with Crippen LogP contribution in [0.3, 0.4) is 0 Å². The third-order valence-corrected chi connectivity index (χ3v) is 5.95. The highest BCUT2D eigenvalue weighted by molar-refractivity contribution is 7.89. The summed E-state index contributed by atoms with van der Waals surface area (Å²) in [7, 11) is -0.841. The van der Waals surface area contributed by atoms with Crippen molar-refractivity contribution in [3.8, 4) is 11.5 Å². The molecule has 1 saturated heterocycles. The molecule has 0 saturated carbocycles. The molecular weight excluding hydrogens is 382 g/mol. The van der Waals surface area contributed by atoms with E-state index in [0.29, 0.717) is 18.1 Å². The molecule has 9 nitrogen and oxygen atoms in total. The average molecular weight is 407 g/mol. The zero-order chi connectivity index (χ0) is 20.0. The predicted molar refractivity (Wildman–Crippen MR) is 107 cm³/mol. The second-order valence-electron chi connectivity index (χ2n) is 6.30. The summed E-state index contributed by atoms with van der Waals surface area (Å²) in [4.78, 5) is 10.7. The monoisotopic (exact) mass is 407 g/mol. The second-order valence-corrected chi connectivity index (χ2v) is 8.03. The molecule has 0 unspecified atom stereocenters. The van der Waals surface area contributed by atoms with Gasteiger partial charge in [-0.25, -0.2) is 23.1 Å².